The van der Waals surface area contributed by atoms with Crippen LogP contribution in [-0.2, 0) is 26.3 Å². The Morgan fingerprint density at radius 1 is 1.11 bits per heavy atom. The van der Waals surface area contributed by atoms with E-state index in [0.717, 1.165) is 37.2 Å². The predicted molar refractivity (Wildman–Crippen MR) is 95.3 cm³/mol. The Morgan fingerprint density at radius 2 is 1.89 bits per heavy atom. The number of nitrogens with one attached hydrogen (secondary N) is 2. The van der Waals surface area contributed by atoms with Gasteiger partial charge >= 0.3 is 0 Å². The molecule has 2 N–H and O–H groups in total. The zero-order chi connectivity index (χ0) is 18.6. The maximum Gasteiger partial charge on any atom is 0.227 e. The number of fused-ring (bicyclic) bond motifs is 2. The minimum Gasteiger partial charge on any atom is -0.355 e. The fraction of sp³-hybridized carbons (Fsp3) is 0.684. The number of H-pyrrole nitrogens is 1. The van der Waals surface area contributed by atoms with E-state index in [1.54, 1.807) is 6.33 Å². The smallest absolute Gasteiger partial charge is 0.227 e. The monoisotopic (exact) mass is 371 g/mol. The van der Waals surface area contributed by atoms with Crippen LogP contribution in [0.1, 0.15) is 43.5 Å². The molecule has 3 fully saturated rings. The topological polar surface area (TPSA) is 98.4 Å². The highest BCUT2D eigenvalue weighted by atomic mass is 16.2. The highest BCUT2D eigenvalue weighted by molar-refractivity contribution is 5.89. The first-order valence-corrected chi connectivity index (χ1v) is 9.98. The molecule has 1 spiro atoms. The van der Waals surface area contributed by atoms with E-state index in [4.69, 9.17) is 0 Å². The lowest BCUT2D eigenvalue weighted by Gasteiger charge is -2.50. The molecule has 0 unspecified atom stereocenters. The molecule has 4 aliphatic rings. The van der Waals surface area contributed by atoms with Gasteiger partial charge in [-0.3, -0.25) is 14.4 Å². The Balaban J connectivity index is 1.37. The number of hydrogen-bond acceptors (Lipinski definition) is 4. The SMILES string of the molecule is O=C1C[C@@H](C(=O)N2CCC3(CC2)c2nc[nH]c2CCN3C(=O)C2CC2)CN1. The van der Waals surface area contributed by atoms with E-state index in [1.165, 1.54) is 0 Å². The van der Waals surface area contributed by atoms with Crippen molar-refractivity contribution in [3.05, 3.63) is 17.7 Å². The van der Waals surface area contributed by atoms with Crippen LogP contribution in [0.15, 0.2) is 6.33 Å². The van der Waals surface area contributed by atoms with E-state index in [0.29, 0.717) is 32.5 Å². The van der Waals surface area contributed by atoms with Crippen molar-refractivity contribution >= 4 is 17.7 Å². The number of imidazole rings is 1. The normalized spacial score (nSPS) is 26.8. The average Bonchev–Trinajstić information content (AvgIpc) is 3.25. The van der Waals surface area contributed by atoms with Gasteiger partial charge in [-0.25, -0.2) is 4.98 Å². The van der Waals surface area contributed by atoms with Crippen LogP contribution in [0.4, 0.5) is 0 Å². The van der Waals surface area contributed by atoms with Gasteiger partial charge in [0.25, 0.3) is 0 Å². The molecule has 4 heterocycles. The van der Waals surface area contributed by atoms with Crippen LogP contribution in [0, 0.1) is 11.8 Å². The second kappa shape index (κ2) is 6.07. The van der Waals surface area contributed by atoms with Gasteiger partial charge in [-0.15, -0.1) is 0 Å². The summed E-state index contributed by atoms with van der Waals surface area (Å²) in [4.78, 5) is 49.0. The first-order valence-electron chi connectivity index (χ1n) is 9.98. The molecule has 1 saturated carbocycles. The Bertz CT molecular complexity index is 791. The molecular weight excluding hydrogens is 346 g/mol. The minimum atomic E-state index is -0.395. The summed E-state index contributed by atoms with van der Waals surface area (Å²) in [6.07, 6.45) is 6.24. The number of aromatic nitrogens is 2. The summed E-state index contributed by atoms with van der Waals surface area (Å²) < 4.78 is 0. The second-order valence-corrected chi connectivity index (χ2v) is 8.31. The van der Waals surface area contributed by atoms with E-state index >= 15 is 0 Å². The van der Waals surface area contributed by atoms with Crippen LogP contribution in [0.5, 0.6) is 0 Å². The molecule has 0 aromatic carbocycles. The Kier molecular flexibility index (Phi) is 3.77. The van der Waals surface area contributed by atoms with Crippen LogP contribution < -0.4 is 5.32 Å². The van der Waals surface area contributed by atoms with Crippen molar-refractivity contribution in [3.8, 4) is 0 Å². The van der Waals surface area contributed by atoms with Gasteiger partial charge in [0.15, 0.2) is 0 Å². The number of likely N-dealkylation sites (tertiary alicyclic amines) is 1. The number of carbonyl (C=O) groups excluding carboxylic acids is 3. The molecule has 1 aromatic heterocycles. The molecule has 0 bridgehead atoms. The maximum atomic E-state index is 13.0. The maximum absolute atomic E-state index is 13.0. The summed E-state index contributed by atoms with van der Waals surface area (Å²) >= 11 is 0. The number of rotatable bonds is 2. The van der Waals surface area contributed by atoms with Gasteiger partial charge in [0.1, 0.15) is 0 Å². The molecule has 1 atom stereocenters. The van der Waals surface area contributed by atoms with Crippen molar-refractivity contribution in [1.29, 1.82) is 0 Å². The summed E-state index contributed by atoms with van der Waals surface area (Å²) in [6, 6.07) is 0. The number of piperidine rings is 1. The van der Waals surface area contributed by atoms with E-state index in [2.05, 4.69) is 20.2 Å². The van der Waals surface area contributed by atoms with Crippen LogP contribution in [0.25, 0.3) is 0 Å². The number of hydrogen-bond donors (Lipinski definition) is 2. The third kappa shape index (κ3) is 2.64. The van der Waals surface area contributed by atoms with Crippen molar-refractivity contribution in [1.82, 2.24) is 25.1 Å². The third-order valence-electron chi connectivity index (χ3n) is 6.68. The van der Waals surface area contributed by atoms with Crippen LogP contribution in [0.3, 0.4) is 0 Å². The lowest BCUT2D eigenvalue weighted by molar-refractivity contribution is -0.147. The molecule has 2 saturated heterocycles. The molecule has 1 aliphatic carbocycles. The number of aromatic amines is 1. The molecule has 3 aliphatic heterocycles. The molecule has 1 aromatic rings. The number of nitrogens with zero attached hydrogens (tertiary/aromatic N) is 3. The van der Waals surface area contributed by atoms with Crippen molar-refractivity contribution in [2.45, 2.75) is 44.1 Å². The highest BCUT2D eigenvalue weighted by Gasteiger charge is 2.51. The predicted octanol–water partition coefficient (Wildman–Crippen LogP) is 0.158. The average molecular weight is 371 g/mol. The minimum absolute atomic E-state index is 0.0449. The Morgan fingerprint density at radius 3 is 2.56 bits per heavy atom. The Labute approximate surface area is 157 Å². The zero-order valence-electron chi connectivity index (χ0n) is 15.4. The van der Waals surface area contributed by atoms with Gasteiger partial charge in [-0.1, -0.05) is 0 Å². The summed E-state index contributed by atoms with van der Waals surface area (Å²) in [7, 11) is 0. The van der Waals surface area contributed by atoms with Gasteiger partial charge < -0.3 is 20.1 Å². The first kappa shape index (κ1) is 16.8. The molecule has 144 valence electrons. The molecule has 8 heteroatoms. The lowest BCUT2D eigenvalue weighted by Crippen LogP contribution is -2.59. The molecular formula is C19H25N5O3. The largest absolute Gasteiger partial charge is 0.355 e. The first-order chi connectivity index (χ1) is 13.1. The Hall–Kier alpha value is -2.38. The fourth-order valence-electron chi connectivity index (χ4n) is 4.99. The summed E-state index contributed by atoms with van der Waals surface area (Å²) in [5.41, 5.74) is 1.72. The molecule has 27 heavy (non-hydrogen) atoms. The highest BCUT2D eigenvalue weighted by Crippen LogP contribution is 2.45. The quantitative estimate of drug-likeness (QED) is 0.774. The summed E-state index contributed by atoms with van der Waals surface area (Å²) in [5, 5.41) is 2.74. The fourth-order valence-corrected chi connectivity index (χ4v) is 4.99. The van der Waals surface area contributed by atoms with Crippen LogP contribution in [0.2, 0.25) is 0 Å². The van der Waals surface area contributed by atoms with Crippen molar-refractivity contribution < 1.29 is 14.4 Å². The number of carbonyl (C=O) groups is 3. The van der Waals surface area contributed by atoms with Gasteiger partial charge in [-0.2, -0.15) is 0 Å². The van der Waals surface area contributed by atoms with Crippen molar-refractivity contribution in [2.24, 2.45) is 11.8 Å². The van der Waals surface area contributed by atoms with E-state index in [9.17, 15) is 14.4 Å². The van der Waals surface area contributed by atoms with Crippen molar-refractivity contribution in [3.63, 3.8) is 0 Å². The van der Waals surface area contributed by atoms with Crippen molar-refractivity contribution in [2.75, 3.05) is 26.2 Å². The van der Waals surface area contributed by atoms with Gasteiger partial charge in [-0.05, 0) is 25.7 Å². The lowest BCUT2D eigenvalue weighted by atomic mass is 9.78. The van der Waals surface area contributed by atoms with E-state index in [-0.39, 0.29) is 36.0 Å². The van der Waals surface area contributed by atoms with Gasteiger partial charge in [0, 0.05) is 50.6 Å². The summed E-state index contributed by atoms with van der Waals surface area (Å²) in [5.74, 6) is 0.201. The van der Waals surface area contributed by atoms with Gasteiger partial charge in [0.05, 0.1) is 23.5 Å². The molecule has 8 nitrogen and oxygen atoms in total. The molecule has 5 rings (SSSR count). The van der Waals surface area contributed by atoms with Crippen LogP contribution in [-0.4, -0.2) is 63.7 Å². The third-order valence-corrected chi connectivity index (χ3v) is 6.68. The molecule has 3 amide bonds. The van der Waals surface area contributed by atoms with Gasteiger partial charge in [0.2, 0.25) is 17.7 Å². The number of amides is 3. The van der Waals surface area contributed by atoms with E-state index < -0.39 is 5.54 Å². The standard InChI is InChI=1S/C19H25N5O3/c25-15-9-13(10-20-15)17(26)23-7-4-19(5-8-23)16-14(21-11-22-16)3-6-24(19)18(27)12-1-2-12/h11-13H,1-10H2,(H,20,25)(H,21,22)/t13-/m1/s1. The second-order valence-electron chi connectivity index (χ2n) is 8.31. The summed E-state index contributed by atoms with van der Waals surface area (Å²) in [6.45, 7) is 2.36. The van der Waals surface area contributed by atoms with E-state index in [1.807, 2.05) is 4.90 Å². The van der Waals surface area contributed by atoms with Crippen LogP contribution >= 0.6 is 0 Å². The molecule has 0 radical (unpaired) electrons. The zero-order valence-corrected chi connectivity index (χ0v) is 15.4.